The zero-order chi connectivity index (χ0) is 12.1. The number of aliphatic hydroxyl groups is 1. The van der Waals surface area contributed by atoms with Gasteiger partial charge in [0.25, 0.3) is 0 Å². The highest BCUT2D eigenvalue weighted by atomic mass is 16.3. The summed E-state index contributed by atoms with van der Waals surface area (Å²) in [6, 6.07) is 0.510. The van der Waals surface area contributed by atoms with Gasteiger partial charge in [-0.3, -0.25) is 4.90 Å². The lowest BCUT2D eigenvalue weighted by Gasteiger charge is -2.35. The maximum absolute atomic E-state index is 9.10. The number of hydrogen-bond acceptors (Lipinski definition) is 4. The molecule has 0 aliphatic carbocycles. The van der Waals surface area contributed by atoms with E-state index in [0.29, 0.717) is 6.04 Å². The van der Waals surface area contributed by atoms with E-state index < -0.39 is 0 Å². The second kappa shape index (κ2) is 6.12. The highest BCUT2D eigenvalue weighted by molar-refractivity contribution is 4.88. The molecule has 1 saturated heterocycles. The number of nitrogens with zero attached hydrogens (tertiary/aromatic N) is 4. The van der Waals surface area contributed by atoms with Crippen LogP contribution >= 0.6 is 0 Å². The average molecular weight is 238 g/mol. The van der Waals surface area contributed by atoms with Crippen molar-refractivity contribution in [2.45, 2.75) is 51.7 Å². The number of rotatable bonds is 5. The van der Waals surface area contributed by atoms with Gasteiger partial charge in [0.1, 0.15) is 12.2 Å². The van der Waals surface area contributed by atoms with Gasteiger partial charge >= 0.3 is 0 Å². The molecule has 2 heterocycles. The van der Waals surface area contributed by atoms with Gasteiger partial charge in [0.15, 0.2) is 0 Å². The van der Waals surface area contributed by atoms with E-state index in [9.17, 15) is 0 Å². The summed E-state index contributed by atoms with van der Waals surface area (Å²) < 4.78 is 1.95. The van der Waals surface area contributed by atoms with Crippen molar-refractivity contribution in [1.29, 1.82) is 0 Å². The van der Waals surface area contributed by atoms with Crippen LogP contribution in [0.2, 0.25) is 0 Å². The first kappa shape index (κ1) is 12.5. The molecule has 5 nitrogen and oxygen atoms in total. The van der Waals surface area contributed by atoms with Crippen molar-refractivity contribution in [3.8, 4) is 0 Å². The minimum absolute atomic E-state index is 0.279. The SMILES string of the molecule is CCn1ncnc1CN1CCCCC1CCO. The molecule has 0 spiro atoms. The van der Waals surface area contributed by atoms with Gasteiger partial charge in [-0.15, -0.1) is 0 Å². The van der Waals surface area contributed by atoms with Crippen molar-refractivity contribution in [3.63, 3.8) is 0 Å². The van der Waals surface area contributed by atoms with Crippen molar-refractivity contribution in [2.75, 3.05) is 13.2 Å². The number of hydrogen-bond donors (Lipinski definition) is 1. The summed E-state index contributed by atoms with van der Waals surface area (Å²) in [5.41, 5.74) is 0. The van der Waals surface area contributed by atoms with Gasteiger partial charge in [-0.1, -0.05) is 6.42 Å². The van der Waals surface area contributed by atoms with Gasteiger partial charge in [0.2, 0.25) is 0 Å². The van der Waals surface area contributed by atoms with Crippen LogP contribution in [-0.4, -0.2) is 44.0 Å². The van der Waals surface area contributed by atoms with Crippen LogP contribution in [0.3, 0.4) is 0 Å². The molecule has 1 N–H and O–H groups in total. The van der Waals surface area contributed by atoms with Crippen LogP contribution in [0.15, 0.2) is 6.33 Å². The maximum atomic E-state index is 9.10. The van der Waals surface area contributed by atoms with E-state index in [1.165, 1.54) is 19.3 Å². The van der Waals surface area contributed by atoms with Crippen LogP contribution in [0.25, 0.3) is 0 Å². The largest absolute Gasteiger partial charge is 0.396 e. The van der Waals surface area contributed by atoms with Crippen LogP contribution in [0, 0.1) is 0 Å². The Labute approximate surface area is 102 Å². The highest BCUT2D eigenvalue weighted by Crippen LogP contribution is 2.21. The topological polar surface area (TPSA) is 54.2 Å². The fraction of sp³-hybridized carbons (Fsp3) is 0.833. The molecule has 0 bridgehead atoms. The van der Waals surface area contributed by atoms with Crippen LogP contribution in [0.5, 0.6) is 0 Å². The van der Waals surface area contributed by atoms with Crippen molar-refractivity contribution in [3.05, 3.63) is 12.2 Å². The average Bonchev–Trinajstić information content (AvgIpc) is 2.79. The van der Waals surface area contributed by atoms with E-state index in [2.05, 4.69) is 21.9 Å². The second-order valence-electron chi connectivity index (χ2n) is 4.62. The van der Waals surface area contributed by atoms with Crippen molar-refractivity contribution >= 4 is 0 Å². The van der Waals surface area contributed by atoms with Gasteiger partial charge in [0.05, 0.1) is 6.54 Å². The van der Waals surface area contributed by atoms with Crippen molar-refractivity contribution in [2.24, 2.45) is 0 Å². The molecule has 0 radical (unpaired) electrons. The molecule has 17 heavy (non-hydrogen) atoms. The monoisotopic (exact) mass is 238 g/mol. The summed E-state index contributed by atoms with van der Waals surface area (Å²) in [5.74, 6) is 1.04. The molecule has 1 atom stereocenters. The Morgan fingerprint density at radius 2 is 2.35 bits per heavy atom. The minimum Gasteiger partial charge on any atom is -0.396 e. The van der Waals surface area contributed by atoms with Gasteiger partial charge in [-0.25, -0.2) is 9.67 Å². The molecule has 1 aliphatic heterocycles. The van der Waals surface area contributed by atoms with E-state index in [-0.39, 0.29) is 6.61 Å². The zero-order valence-electron chi connectivity index (χ0n) is 10.5. The van der Waals surface area contributed by atoms with E-state index in [1.807, 2.05) is 4.68 Å². The summed E-state index contributed by atoms with van der Waals surface area (Å²) >= 11 is 0. The summed E-state index contributed by atoms with van der Waals surface area (Å²) in [5, 5.41) is 13.3. The molecule has 5 heteroatoms. The van der Waals surface area contributed by atoms with Gasteiger partial charge < -0.3 is 5.11 Å². The number of piperidine rings is 1. The Morgan fingerprint density at radius 3 is 3.12 bits per heavy atom. The van der Waals surface area contributed by atoms with E-state index in [0.717, 1.165) is 31.9 Å². The van der Waals surface area contributed by atoms with Crippen LogP contribution < -0.4 is 0 Å². The molecular formula is C12H22N4O. The normalized spacial score (nSPS) is 21.9. The van der Waals surface area contributed by atoms with Gasteiger partial charge in [-0.2, -0.15) is 5.10 Å². The zero-order valence-corrected chi connectivity index (χ0v) is 10.5. The van der Waals surface area contributed by atoms with Crippen molar-refractivity contribution in [1.82, 2.24) is 19.7 Å². The lowest BCUT2D eigenvalue weighted by atomic mass is 10.00. The molecule has 1 aromatic heterocycles. The molecule has 0 amide bonds. The number of aliphatic hydroxyl groups excluding tert-OH is 1. The molecule has 2 rings (SSSR count). The molecule has 0 saturated carbocycles. The van der Waals surface area contributed by atoms with E-state index in [1.54, 1.807) is 6.33 Å². The summed E-state index contributed by atoms with van der Waals surface area (Å²) in [6.45, 7) is 5.20. The maximum Gasteiger partial charge on any atom is 0.141 e. The fourth-order valence-electron chi connectivity index (χ4n) is 2.60. The van der Waals surface area contributed by atoms with Crippen LogP contribution in [0.1, 0.15) is 38.4 Å². The molecule has 1 aromatic rings. The molecule has 96 valence electrons. The predicted molar refractivity (Wildman–Crippen MR) is 65.4 cm³/mol. The first-order chi connectivity index (χ1) is 8.35. The van der Waals surface area contributed by atoms with Crippen molar-refractivity contribution < 1.29 is 5.11 Å². The number of aryl methyl sites for hydroxylation is 1. The Balaban J connectivity index is 2.00. The lowest BCUT2D eigenvalue weighted by Crippen LogP contribution is -2.40. The first-order valence-electron chi connectivity index (χ1n) is 6.56. The van der Waals surface area contributed by atoms with Crippen LogP contribution in [-0.2, 0) is 13.1 Å². The number of likely N-dealkylation sites (tertiary alicyclic amines) is 1. The minimum atomic E-state index is 0.279. The predicted octanol–water partition coefficient (Wildman–Crippen LogP) is 1.03. The Morgan fingerprint density at radius 1 is 1.47 bits per heavy atom. The molecule has 1 fully saturated rings. The quantitative estimate of drug-likeness (QED) is 0.832. The third kappa shape index (κ3) is 3.04. The molecule has 1 aliphatic rings. The summed E-state index contributed by atoms with van der Waals surface area (Å²) in [4.78, 5) is 6.76. The first-order valence-corrected chi connectivity index (χ1v) is 6.56. The molecule has 1 unspecified atom stereocenters. The third-order valence-electron chi connectivity index (χ3n) is 3.55. The third-order valence-corrected chi connectivity index (χ3v) is 3.55. The van der Waals surface area contributed by atoms with E-state index >= 15 is 0 Å². The Kier molecular flexibility index (Phi) is 4.50. The van der Waals surface area contributed by atoms with E-state index in [4.69, 9.17) is 5.11 Å². The Hall–Kier alpha value is -0.940. The Bertz CT molecular complexity index is 337. The number of aromatic nitrogens is 3. The van der Waals surface area contributed by atoms with Gasteiger partial charge in [0, 0.05) is 19.2 Å². The molecule has 0 aromatic carbocycles. The smallest absolute Gasteiger partial charge is 0.141 e. The fourth-order valence-corrected chi connectivity index (χ4v) is 2.60. The standard InChI is InChI=1S/C12H22N4O/c1-2-16-12(13-10-14-16)9-15-7-4-3-5-11(15)6-8-17/h10-11,17H,2-9H2,1H3. The summed E-state index contributed by atoms with van der Waals surface area (Å²) in [7, 11) is 0. The highest BCUT2D eigenvalue weighted by Gasteiger charge is 2.23. The van der Waals surface area contributed by atoms with Crippen LogP contribution in [0.4, 0.5) is 0 Å². The second-order valence-corrected chi connectivity index (χ2v) is 4.62. The van der Waals surface area contributed by atoms with Gasteiger partial charge in [-0.05, 0) is 32.7 Å². The molecular weight excluding hydrogens is 216 g/mol. The summed E-state index contributed by atoms with van der Waals surface area (Å²) in [6.07, 6.45) is 6.23. The lowest BCUT2D eigenvalue weighted by molar-refractivity contribution is 0.108.